The molecule has 0 radical (unpaired) electrons. The van der Waals surface area contributed by atoms with Crippen LogP contribution in [-0.4, -0.2) is 10.2 Å². The molecule has 0 aliphatic rings. The summed E-state index contributed by atoms with van der Waals surface area (Å²) in [6.07, 6.45) is 3.92. The van der Waals surface area contributed by atoms with E-state index in [4.69, 9.17) is 0 Å². The van der Waals surface area contributed by atoms with Gasteiger partial charge in [0, 0.05) is 19.6 Å². The average molecular weight is 471 g/mol. The molecule has 164 valence electrons. The molecular weight excluding hydrogens is 440 g/mol. The van der Waals surface area contributed by atoms with Crippen LogP contribution in [0.5, 0.6) is 0 Å². The second kappa shape index (κ2) is 12.4. The number of hydrogen-bond acceptors (Lipinski definition) is 5. The van der Waals surface area contributed by atoms with E-state index < -0.39 is 0 Å². The first-order valence-corrected chi connectivity index (χ1v) is 12.9. The summed E-state index contributed by atoms with van der Waals surface area (Å²) in [5, 5.41) is 0.000769. The highest BCUT2D eigenvalue weighted by molar-refractivity contribution is 8.14. The zero-order valence-corrected chi connectivity index (χ0v) is 21.2. The maximum absolute atomic E-state index is 12.3. The molecule has 0 atom stereocenters. The van der Waals surface area contributed by atoms with Crippen LogP contribution >= 0.6 is 35.3 Å². The number of aryl methyl sites for hydroxylation is 2. The molecule has 0 aromatic heterocycles. The van der Waals surface area contributed by atoms with E-state index in [-0.39, 0.29) is 10.2 Å². The number of rotatable bonds is 10. The van der Waals surface area contributed by atoms with Crippen molar-refractivity contribution in [1.82, 2.24) is 0 Å². The minimum Gasteiger partial charge on any atom is -0.282 e. The van der Waals surface area contributed by atoms with Crippen molar-refractivity contribution in [3.63, 3.8) is 0 Å². The van der Waals surface area contributed by atoms with Crippen LogP contribution < -0.4 is 0 Å². The van der Waals surface area contributed by atoms with Gasteiger partial charge in [0.1, 0.15) is 0 Å². The Balaban J connectivity index is 2.33. The van der Waals surface area contributed by atoms with Crippen molar-refractivity contribution in [3.05, 3.63) is 71.8 Å². The molecule has 0 aliphatic heterocycles. The van der Waals surface area contributed by atoms with Crippen molar-refractivity contribution < 1.29 is 9.59 Å². The Morgan fingerprint density at radius 2 is 1.13 bits per heavy atom. The van der Waals surface area contributed by atoms with Gasteiger partial charge >= 0.3 is 0 Å². The number of carbonyl (C=O) groups excluding carboxylic acids is 2. The highest BCUT2D eigenvalue weighted by Gasteiger charge is 2.14. The molecule has 0 bridgehead atoms. The van der Waals surface area contributed by atoms with Gasteiger partial charge in [0.15, 0.2) is 0 Å². The van der Waals surface area contributed by atoms with Gasteiger partial charge in [-0.25, -0.2) is 0 Å². The Hall–Kier alpha value is -1.69. The predicted molar refractivity (Wildman–Crippen MR) is 136 cm³/mol. The summed E-state index contributed by atoms with van der Waals surface area (Å²) in [6.45, 7) is 15.3. The van der Waals surface area contributed by atoms with E-state index in [1.807, 2.05) is 0 Å². The molecule has 0 saturated heterocycles. The molecule has 2 nitrogen and oxygen atoms in total. The summed E-state index contributed by atoms with van der Waals surface area (Å²) in [5.74, 6) is 0. The Morgan fingerprint density at radius 3 is 1.45 bits per heavy atom. The van der Waals surface area contributed by atoms with Crippen molar-refractivity contribution in [3.8, 4) is 0 Å². The third-order valence-electron chi connectivity index (χ3n) is 4.45. The fourth-order valence-corrected chi connectivity index (χ4v) is 5.62. The van der Waals surface area contributed by atoms with Gasteiger partial charge in [0.05, 0.1) is 0 Å². The van der Waals surface area contributed by atoms with Crippen molar-refractivity contribution in [2.45, 2.75) is 73.0 Å². The topological polar surface area (TPSA) is 34.1 Å². The summed E-state index contributed by atoms with van der Waals surface area (Å²) in [4.78, 5) is 28.6. The van der Waals surface area contributed by atoms with Crippen molar-refractivity contribution >= 4 is 45.5 Å². The standard InChI is InChI=1S/C26H30O2S3/c1-7-9-19-11-13-21(15-23(19)30-25(27)17(3)4)29-22-14-12-20(10-8-2)24(16-22)31-26(28)18(5)6/h11-16H,3,5,7-10H2,1-2,4,6H3. The van der Waals surface area contributed by atoms with E-state index in [0.29, 0.717) is 11.1 Å². The van der Waals surface area contributed by atoms with Crippen LogP contribution in [-0.2, 0) is 22.4 Å². The van der Waals surface area contributed by atoms with Gasteiger partial charge in [-0.3, -0.25) is 9.59 Å². The van der Waals surface area contributed by atoms with E-state index in [1.54, 1.807) is 25.6 Å². The Morgan fingerprint density at radius 1 is 0.742 bits per heavy atom. The fourth-order valence-electron chi connectivity index (χ4n) is 2.85. The summed E-state index contributed by atoms with van der Waals surface area (Å²) >= 11 is 4.16. The molecule has 31 heavy (non-hydrogen) atoms. The van der Waals surface area contributed by atoms with E-state index in [9.17, 15) is 9.59 Å². The van der Waals surface area contributed by atoms with Gasteiger partial charge in [-0.05, 0) is 96.8 Å². The van der Waals surface area contributed by atoms with E-state index in [0.717, 1.165) is 45.3 Å². The Kier molecular flexibility index (Phi) is 10.2. The summed E-state index contributed by atoms with van der Waals surface area (Å²) in [5.41, 5.74) is 3.49. The first-order valence-electron chi connectivity index (χ1n) is 10.4. The highest BCUT2D eigenvalue weighted by atomic mass is 32.2. The van der Waals surface area contributed by atoms with Crippen LogP contribution in [0.1, 0.15) is 51.7 Å². The van der Waals surface area contributed by atoms with Gasteiger partial charge in [-0.15, -0.1) is 0 Å². The van der Waals surface area contributed by atoms with Crippen LogP contribution in [0.2, 0.25) is 0 Å². The SMILES string of the molecule is C=C(C)C(=O)Sc1cc(Sc2ccc(CCC)c(SC(=O)C(=C)C)c2)ccc1CCC. The molecule has 5 heteroatoms. The lowest BCUT2D eigenvalue weighted by Gasteiger charge is -2.12. The van der Waals surface area contributed by atoms with Crippen LogP contribution in [0.15, 0.2) is 80.3 Å². The average Bonchev–Trinajstić information content (AvgIpc) is 2.71. The molecule has 0 unspecified atom stereocenters. The third-order valence-corrected chi connectivity index (χ3v) is 7.70. The zero-order chi connectivity index (χ0) is 23.0. The molecule has 0 fully saturated rings. The van der Waals surface area contributed by atoms with Gasteiger partial charge < -0.3 is 0 Å². The minimum atomic E-state index is 0.000384. The van der Waals surface area contributed by atoms with Gasteiger partial charge in [-0.1, -0.05) is 63.7 Å². The Labute approximate surface area is 199 Å². The van der Waals surface area contributed by atoms with E-state index in [1.165, 1.54) is 34.7 Å². The quantitative estimate of drug-likeness (QED) is 0.259. The highest BCUT2D eigenvalue weighted by Crippen LogP contribution is 2.37. The normalized spacial score (nSPS) is 10.7. The van der Waals surface area contributed by atoms with Crippen LogP contribution in [0.25, 0.3) is 0 Å². The predicted octanol–water partition coefficient (Wildman–Crippen LogP) is 8.13. The van der Waals surface area contributed by atoms with Gasteiger partial charge in [0.2, 0.25) is 10.2 Å². The van der Waals surface area contributed by atoms with Gasteiger partial charge in [-0.2, -0.15) is 0 Å². The fraction of sp³-hybridized carbons (Fsp3) is 0.308. The summed E-state index contributed by atoms with van der Waals surface area (Å²) in [6, 6.07) is 12.6. The van der Waals surface area contributed by atoms with E-state index in [2.05, 4.69) is 63.4 Å². The zero-order valence-electron chi connectivity index (χ0n) is 18.7. The maximum Gasteiger partial charge on any atom is 0.219 e. The lowest BCUT2D eigenvalue weighted by molar-refractivity contribution is -0.108. The lowest BCUT2D eigenvalue weighted by atomic mass is 10.1. The van der Waals surface area contributed by atoms with Crippen LogP contribution in [0, 0.1) is 0 Å². The second-order valence-electron chi connectivity index (χ2n) is 7.48. The van der Waals surface area contributed by atoms with E-state index >= 15 is 0 Å². The molecule has 0 spiro atoms. The molecule has 0 amide bonds. The molecule has 0 saturated carbocycles. The smallest absolute Gasteiger partial charge is 0.219 e. The third kappa shape index (κ3) is 7.74. The molecule has 0 heterocycles. The first kappa shape index (κ1) is 25.6. The molecular formula is C26H30O2S3. The molecule has 2 rings (SSSR count). The van der Waals surface area contributed by atoms with Crippen molar-refractivity contribution in [2.24, 2.45) is 0 Å². The van der Waals surface area contributed by atoms with Crippen molar-refractivity contribution in [2.75, 3.05) is 0 Å². The largest absolute Gasteiger partial charge is 0.282 e. The van der Waals surface area contributed by atoms with Crippen molar-refractivity contribution in [1.29, 1.82) is 0 Å². The monoisotopic (exact) mass is 470 g/mol. The number of thioether (sulfide) groups is 2. The Bertz CT molecular complexity index is 913. The molecule has 0 N–H and O–H groups in total. The molecule has 0 aliphatic carbocycles. The number of carbonyl (C=O) groups is 2. The lowest BCUT2D eigenvalue weighted by Crippen LogP contribution is -1.96. The number of hydrogen-bond donors (Lipinski definition) is 0. The second-order valence-corrected chi connectivity index (χ2v) is 10.7. The van der Waals surface area contributed by atoms with Crippen LogP contribution in [0.3, 0.4) is 0 Å². The number of benzene rings is 2. The minimum absolute atomic E-state index is 0.000384. The molecule has 2 aromatic rings. The van der Waals surface area contributed by atoms with Gasteiger partial charge in [0.25, 0.3) is 0 Å². The maximum atomic E-state index is 12.3. The van der Waals surface area contributed by atoms with Crippen LogP contribution in [0.4, 0.5) is 0 Å². The summed E-state index contributed by atoms with van der Waals surface area (Å²) in [7, 11) is 0. The summed E-state index contributed by atoms with van der Waals surface area (Å²) < 4.78 is 0. The first-order chi connectivity index (χ1) is 14.7. The molecule has 2 aromatic carbocycles.